The molecule has 1 fully saturated rings. The van der Waals surface area contributed by atoms with Crippen molar-refractivity contribution in [2.24, 2.45) is 0 Å². The maximum Gasteiger partial charge on any atom is 0.407 e. The lowest BCUT2D eigenvalue weighted by molar-refractivity contribution is 0.177. The number of alkyl carbamates (subject to hydrolysis) is 1. The van der Waals surface area contributed by atoms with Gasteiger partial charge in [-0.2, -0.15) is 0 Å². The Bertz CT molecular complexity index is 900. The van der Waals surface area contributed by atoms with Gasteiger partial charge in [-0.15, -0.1) is 0 Å². The molecule has 2 N–H and O–H groups in total. The van der Waals surface area contributed by atoms with Crippen LogP contribution in [0, 0.1) is 0 Å². The number of carbonyl (C=O) groups excluding carboxylic acids is 1. The minimum Gasteiger partial charge on any atom is -0.447 e. The summed E-state index contributed by atoms with van der Waals surface area (Å²) in [5.74, 6) is 0. The van der Waals surface area contributed by atoms with Crippen LogP contribution in [0.25, 0.3) is 10.9 Å². The van der Waals surface area contributed by atoms with Gasteiger partial charge in [-0.25, -0.2) is 4.79 Å². The first-order valence-corrected chi connectivity index (χ1v) is 6.72. The van der Waals surface area contributed by atoms with Gasteiger partial charge in [0.2, 0.25) is 0 Å². The molecule has 112 valence electrons. The predicted octanol–water partition coefficient (Wildman–Crippen LogP) is 1.92. The number of H-pyrrole nitrogens is 1. The normalized spacial score (nSPS) is 27.0. The first-order valence-electron chi connectivity index (χ1n) is 9.61. The van der Waals surface area contributed by atoms with Crippen molar-refractivity contribution in [3.8, 4) is 0 Å². The van der Waals surface area contributed by atoms with Crippen molar-refractivity contribution in [3.05, 3.63) is 35.5 Å². The van der Waals surface area contributed by atoms with Crippen molar-refractivity contribution in [3.63, 3.8) is 0 Å². The first kappa shape index (κ1) is 8.44. The van der Waals surface area contributed by atoms with Crippen molar-refractivity contribution >= 4 is 17.0 Å². The van der Waals surface area contributed by atoms with Crippen LogP contribution in [0.5, 0.6) is 0 Å². The summed E-state index contributed by atoms with van der Waals surface area (Å²) in [6, 6.07) is 3.48. The molecule has 2 heterocycles. The zero-order valence-electron chi connectivity index (χ0n) is 18.0. The number of amides is 1. The number of aromatic amines is 1. The third-order valence-electron chi connectivity index (χ3n) is 3.29. The molecule has 5 nitrogen and oxygen atoms in total. The van der Waals surface area contributed by atoms with E-state index in [1.165, 1.54) is 4.90 Å². The Kier molecular flexibility index (Phi) is 2.32. The number of hydrogen-bond acceptors (Lipinski definition) is 3. The molecule has 0 bridgehead atoms. The van der Waals surface area contributed by atoms with E-state index in [9.17, 15) is 4.79 Å². The second-order valence-electron chi connectivity index (χ2n) is 5.19. The highest BCUT2D eigenvalue weighted by atomic mass is 16.6. The van der Waals surface area contributed by atoms with Crippen molar-refractivity contribution < 1.29 is 17.8 Å². The number of nitrogens with zero attached hydrogens (tertiary/aromatic N) is 1. The van der Waals surface area contributed by atoms with E-state index in [4.69, 9.17) is 13.0 Å². The molecule has 3 rings (SSSR count). The monoisotopic (exact) mass is 293 g/mol. The average Bonchev–Trinajstić information content (AvgIpc) is 2.98. The van der Waals surface area contributed by atoms with Gasteiger partial charge in [-0.05, 0) is 50.2 Å². The number of aryl methyl sites for hydroxylation is 1. The van der Waals surface area contributed by atoms with Gasteiger partial charge in [0, 0.05) is 26.3 Å². The average molecular weight is 293 g/mol. The maximum absolute atomic E-state index is 11.4. The van der Waals surface area contributed by atoms with Crippen molar-refractivity contribution in [2.75, 3.05) is 27.2 Å². The number of aromatic nitrogens is 1. The van der Waals surface area contributed by atoms with E-state index in [-0.39, 0.29) is 25.6 Å². The summed E-state index contributed by atoms with van der Waals surface area (Å²) in [5.41, 5.74) is 1.51. The van der Waals surface area contributed by atoms with Crippen LogP contribution < -0.4 is 5.31 Å². The zero-order valence-corrected chi connectivity index (χ0v) is 12.0. The summed E-state index contributed by atoms with van der Waals surface area (Å²) in [4.78, 5) is 13.8. The summed E-state index contributed by atoms with van der Waals surface area (Å²) in [5, 5.41) is 1.07. The fourth-order valence-corrected chi connectivity index (χ4v) is 2.26. The second-order valence-corrected chi connectivity index (χ2v) is 5.19. The summed E-state index contributed by atoms with van der Waals surface area (Å²) in [6.45, 7) is -1.91. The Balaban J connectivity index is 2.02. The minimum absolute atomic E-state index is 0.0503. The zero-order chi connectivity index (χ0) is 20.1. The fourth-order valence-electron chi connectivity index (χ4n) is 2.26. The molecular weight excluding hydrogens is 266 g/mol. The quantitative estimate of drug-likeness (QED) is 0.885. The lowest BCUT2D eigenvalue weighted by Crippen LogP contribution is -2.28. The van der Waals surface area contributed by atoms with Crippen LogP contribution in [0.2, 0.25) is 2.82 Å². The SMILES string of the molecule is [2H]c1c(CC([2H])([2H])N(C)C)c2cc(C[C@]3([2H])COC(=O)N3[2H])ccc2n1[2H]. The lowest BCUT2D eigenvalue weighted by Gasteiger charge is -2.09. The van der Waals surface area contributed by atoms with E-state index in [1.54, 1.807) is 32.3 Å². The van der Waals surface area contributed by atoms with E-state index in [0.29, 0.717) is 27.3 Å². The van der Waals surface area contributed by atoms with Crippen LogP contribution in [0.3, 0.4) is 0 Å². The van der Waals surface area contributed by atoms with E-state index in [1.807, 2.05) is 0 Å². The molecule has 1 aliphatic rings. The van der Waals surface area contributed by atoms with Crippen molar-refractivity contribution in [2.45, 2.75) is 18.9 Å². The number of nitrogens with one attached hydrogen (secondary N) is 2. The van der Waals surface area contributed by atoms with Gasteiger partial charge in [-0.1, -0.05) is 6.07 Å². The third kappa shape index (κ3) is 3.19. The van der Waals surface area contributed by atoms with Crippen molar-refractivity contribution in [1.82, 2.24) is 15.2 Å². The molecule has 1 amide bonds. The number of benzene rings is 1. The number of cyclic esters (lactones) is 1. The van der Waals surface area contributed by atoms with Gasteiger partial charge in [0.25, 0.3) is 0 Å². The van der Waals surface area contributed by atoms with E-state index >= 15 is 0 Å². The Morgan fingerprint density at radius 1 is 1.62 bits per heavy atom. The Morgan fingerprint density at radius 2 is 2.48 bits per heavy atom. The second kappa shape index (κ2) is 5.77. The van der Waals surface area contributed by atoms with E-state index < -0.39 is 18.6 Å². The smallest absolute Gasteiger partial charge is 0.407 e. The summed E-state index contributed by atoms with van der Waals surface area (Å²) in [6.07, 6.45) is -0.968. The van der Waals surface area contributed by atoms with Crippen LogP contribution in [0.4, 0.5) is 4.79 Å². The Labute approximate surface area is 132 Å². The molecule has 2 aromatic rings. The molecule has 1 aliphatic heterocycles. The largest absolute Gasteiger partial charge is 0.447 e. The Morgan fingerprint density at radius 3 is 3.19 bits per heavy atom. The third-order valence-corrected chi connectivity index (χ3v) is 3.29. The Hall–Kier alpha value is -2.01. The molecule has 1 aromatic carbocycles. The first-order chi connectivity index (χ1) is 12.5. The molecule has 21 heavy (non-hydrogen) atoms. The molecule has 0 unspecified atom stereocenters. The van der Waals surface area contributed by atoms with Gasteiger partial charge in [0.05, 0.1) is 8.76 Å². The molecule has 0 spiro atoms. The number of fused-ring (bicyclic) bond motifs is 1. The van der Waals surface area contributed by atoms with Gasteiger partial charge in [0.15, 0.2) is 2.82 Å². The summed E-state index contributed by atoms with van der Waals surface area (Å²) in [7, 11) is 3.22. The summed E-state index contributed by atoms with van der Waals surface area (Å²) < 4.78 is 53.3. The number of hydrogen-bond donors (Lipinski definition) is 2. The number of rotatable bonds is 5. The van der Waals surface area contributed by atoms with Crippen LogP contribution in [0.1, 0.15) is 16.6 Å². The molecule has 5 heteroatoms. The highest BCUT2D eigenvalue weighted by Crippen LogP contribution is 2.21. The predicted molar refractivity (Wildman–Crippen MR) is 82.5 cm³/mol. The molecule has 1 saturated heterocycles. The number of ether oxygens (including phenoxy) is 1. The molecule has 0 saturated carbocycles. The topological polar surface area (TPSA) is 57.4 Å². The van der Waals surface area contributed by atoms with Crippen LogP contribution in [0.15, 0.2) is 24.4 Å². The lowest BCUT2D eigenvalue weighted by atomic mass is 10.0. The molecule has 0 radical (unpaired) electrons. The highest BCUT2D eigenvalue weighted by molar-refractivity contribution is 5.84. The van der Waals surface area contributed by atoms with E-state index in [0.717, 1.165) is 4.98 Å². The molecule has 1 aromatic heterocycles. The maximum atomic E-state index is 11.4. The number of carbonyl (C=O) groups is 1. The van der Waals surface area contributed by atoms with Crippen molar-refractivity contribution in [1.29, 1.82) is 0 Å². The number of likely N-dealkylation sites (N-methyl/N-ethyl adjacent to an activating group) is 1. The fraction of sp³-hybridized carbons (Fsp3) is 0.438. The molecular formula is C16H21N3O2. The molecule has 1 atom stereocenters. The van der Waals surface area contributed by atoms with Crippen LogP contribution in [-0.2, 0) is 17.6 Å². The minimum atomic E-state index is -1.69. The van der Waals surface area contributed by atoms with Gasteiger partial charge >= 0.3 is 6.09 Å². The van der Waals surface area contributed by atoms with Gasteiger partial charge in [-0.3, -0.25) is 0 Å². The van der Waals surface area contributed by atoms with E-state index in [2.05, 4.69) is 0 Å². The van der Waals surface area contributed by atoms with Crippen LogP contribution >= 0.6 is 0 Å². The standard InChI is InChI=1S/C16H21N3O2/c1-19(2)6-5-12-9-17-15-4-3-11(8-14(12)15)7-13-10-21-16(20)18-13/h3-4,8-9,13,17H,5-7,10H2,1-2H3,(H,18,20)/t13-/m1/s1/i6D2,9D,13D/hD2. The van der Waals surface area contributed by atoms with Gasteiger partial charge in [0.1, 0.15) is 6.61 Å². The van der Waals surface area contributed by atoms with Crippen LogP contribution in [-0.4, -0.2) is 49.2 Å². The molecule has 0 aliphatic carbocycles. The summed E-state index contributed by atoms with van der Waals surface area (Å²) >= 11 is 0. The highest BCUT2D eigenvalue weighted by Gasteiger charge is 2.22. The van der Waals surface area contributed by atoms with Gasteiger partial charge < -0.3 is 19.9 Å².